The topological polar surface area (TPSA) is 70.8 Å². The normalized spacial score (nSPS) is 16.0. The molecule has 1 aliphatic carbocycles. The van der Waals surface area contributed by atoms with Crippen molar-refractivity contribution in [2.24, 2.45) is 5.73 Å². The molecule has 0 fully saturated rings. The summed E-state index contributed by atoms with van der Waals surface area (Å²) in [6.45, 7) is 2.09. The number of nitrogens with zero attached hydrogens (tertiary/aromatic N) is 3. The summed E-state index contributed by atoms with van der Waals surface area (Å²) in [7, 11) is 0. The summed E-state index contributed by atoms with van der Waals surface area (Å²) in [5, 5.41) is 0. The maximum absolute atomic E-state index is 5.83. The van der Waals surface area contributed by atoms with Gasteiger partial charge < -0.3 is 10.7 Å². The van der Waals surface area contributed by atoms with Gasteiger partial charge in [-0.1, -0.05) is 46.3 Å². The number of nitrogens with one attached hydrogen (secondary N) is 1. The summed E-state index contributed by atoms with van der Waals surface area (Å²) in [5.41, 5.74) is 12.9. The number of rotatable bonds is 6. The predicted octanol–water partition coefficient (Wildman–Crippen LogP) is 5.26. The first kappa shape index (κ1) is 20.4. The molecule has 0 spiro atoms. The molecule has 3 N–H and O–H groups in total. The first-order valence-corrected chi connectivity index (χ1v) is 11.6. The Kier molecular flexibility index (Phi) is 5.85. The van der Waals surface area contributed by atoms with Crippen LogP contribution >= 0.6 is 15.9 Å². The highest BCUT2D eigenvalue weighted by Crippen LogP contribution is 2.35. The minimum atomic E-state index is 0.263. The Labute approximate surface area is 190 Å². The average Bonchev–Trinajstić information content (AvgIpc) is 3.22. The molecule has 1 unspecified atom stereocenters. The number of hydrogen-bond donors (Lipinski definition) is 2. The van der Waals surface area contributed by atoms with Gasteiger partial charge in [-0.2, -0.15) is 0 Å². The summed E-state index contributed by atoms with van der Waals surface area (Å²) in [5.74, 6) is 0.985. The van der Waals surface area contributed by atoms with Crippen molar-refractivity contribution in [1.29, 1.82) is 0 Å². The van der Waals surface area contributed by atoms with E-state index in [0.717, 1.165) is 52.8 Å². The van der Waals surface area contributed by atoms with Crippen molar-refractivity contribution in [3.63, 3.8) is 0 Å². The Morgan fingerprint density at radius 2 is 2.00 bits per heavy atom. The van der Waals surface area contributed by atoms with Gasteiger partial charge in [-0.05, 0) is 60.2 Å². The Morgan fingerprint density at radius 1 is 1.10 bits per heavy atom. The molecule has 1 aliphatic rings. The van der Waals surface area contributed by atoms with Crippen molar-refractivity contribution < 1.29 is 0 Å². The molecule has 0 aliphatic heterocycles. The van der Waals surface area contributed by atoms with E-state index in [1.807, 2.05) is 24.4 Å². The number of aromatic nitrogens is 3. The maximum atomic E-state index is 5.83. The van der Waals surface area contributed by atoms with Crippen LogP contribution in [-0.2, 0) is 26.1 Å². The van der Waals surface area contributed by atoms with E-state index < -0.39 is 0 Å². The molecule has 6 heteroatoms. The van der Waals surface area contributed by atoms with Crippen LogP contribution in [-0.4, -0.2) is 19.9 Å². The van der Waals surface area contributed by atoms with E-state index in [2.05, 4.69) is 62.2 Å². The number of aromatic amines is 1. The molecular weight excluding hydrogens is 450 g/mol. The van der Waals surface area contributed by atoms with Gasteiger partial charge in [0.05, 0.1) is 29.3 Å². The molecule has 2 aromatic heterocycles. The number of pyridine rings is 1. The highest BCUT2D eigenvalue weighted by Gasteiger charge is 2.28. The minimum absolute atomic E-state index is 0.263. The van der Waals surface area contributed by atoms with E-state index in [4.69, 9.17) is 15.7 Å². The quantitative estimate of drug-likeness (QED) is 0.398. The van der Waals surface area contributed by atoms with Gasteiger partial charge in [0.25, 0.3) is 0 Å². The van der Waals surface area contributed by atoms with Gasteiger partial charge in [0.2, 0.25) is 0 Å². The lowest BCUT2D eigenvalue weighted by atomic mass is 9.90. The highest BCUT2D eigenvalue weighted by atomic mass is 79.9. The van der Waals surface area contributed by atoms with Crippen LogP contribution in [0.15, 0.2) is 65.3 Å². The van der Waals surface area contributed by atoms with Crippen molar-refractivity contribution >= 4 is 27.0 Å². The standard InChI is InChI=1S/C25H26BrN5/c26-20-13-17(14-27)10-11-19(20)15-31(16-24-29-21-7-1-2-8-22(21)30-24)23-9-3-5-18-6-4-12-28-25(18)23/h1-2,4,6-8,10-13,23H,3,5,9,14-16,27H2,(H,29,30). The SMILES string of the molecule is NCc1ccc(CN(Cc2nc3ccccc3[nH]2)C2CCCc3cccnc32)c(Br)c1. The highest BCUT2D eigenvalue weighted by molar-refractivity contribution is 9.10. The fraction of sp³-hybridized carbons (Fsp3) is 0.280. The van der Waals surface area contributed by atoms with Gasteiger partial charge in [-0.25, -0.2) is 4.98 Å². The summed E-state index contributed by atoms with van der Waals surface area (Å²) >= 11 is 3.76. The number of benzene rings is 2. The number of H-pyrrole nitrogens is 1. The van der Waals surface area contributed by atoms with Crippen molar-refractivity contribution in [2.75, 3.05) is 0 Å². The first-order valence-electron chi connectivity index (χ1n) is 10.8. The average molecular weight is 476 g/mol. The molecule has 1 atom stereocenters. The van der Waals surface area contributed by atoms with Crippen LogP contribution in [0.5, 0.6) is 0 Å². The van der Waals surface area contributed by atoms with Crippen LogP contribution in [0.25, 0.3) is 11.0 Å². The Hall–Kier alpha value is -2.54. The second-order valence-electron chi connectivity index (χ2n) is 8.19. The van der Waals surface area contributed by atoms with Crippen LogP contribution in [0.2, 0.25) is 0 Å². The molecular formula is C25H26BrN5. The van der Waals surface area contributed by atoms with Crippen LogP contribution in [0.4, 0.5) is 0 Å². The Bertz CT molecular complexity index is 1170. The number of hydrogen-bond acceptors (Lipinski definition) is 4. The molecule has 2 heterocycles. The Balaban J connectivity index is 1.51. The lowest BCUT2D eigenvalue weighted by molar-refractivity contribution is 0.153. The third kappa shape index (κ3) is 4.28. The third-order valence-corrected chi connectivity index (χ3v) is 6.86. The zero-order valence-corrected chi connectivity index (χ0v) is 19.0. The number of halogens is 1. The zero-order valence-electron chi connectivity index (χ0n) is 17.4. The van der Waals surface area contributed by atoms with Crippen LogP contribution in [0.3, 0.4) is 0 Å². The number of aryl methyl sites for hydroxylation is 1. The molecule has 5 rings (SSSR count). The third-order valence-electron chi connectivity index (χ3n) is 6.12. The molecule has 158 valence electrons. The summed E-state index contributed by atoms with van der Waals surface area (Å²) in [4.78, 5) is 15.7. The van der Waals surface area contributed by atoms with Crippen molar-refractivity contribution in [1.82, 2.24) is 19.9 Å². The van der Waals surface area contributed by atoms with E-state index in [0.29, 0.717) is 6.54 Å². The van der Waals surface area contributed by atoms with E-state index in [9.17, 15) is 0 Å². The molecule has 2 aromatic carbocycles. The number of fused-ring (bicyclic) bond motifs is 2. The van der Waals surface area contributed by atoms with Crippen molar-refractivity contribution in [3.8, 4) is 0 Å². The second-order valence-corrected chi connectivity index (χ2v) is 9.05. The lowest BCUT2D eigenvalue weighted by Gasteiger charge is -2.35. The van der Waals surface area contributed by atoms with Crippen LogP contribution in [0, 0.1) is 0 Å². The predicted molar refractivity (Wildman–Crippen MR) is 127 cm³/mol. The largest absolute Gasteiger partial charge is 0.341 e. The molecule has 0 amide bonds. The molecule has 0 radical (unpaired) electrons. The molecule has 31 heavy (non-hydrogen) atoms. The van der Waals surface area contributed by atoms with Gasteiger partial charge in [0, 0.05) is 23.8 Å². The minimum Gasteiger partial charge on any atom is -0.341 e. The molecule has 0 bridgehead atoms. The molecule has 5 nitrogen and oxygen atoms in total. The van der Waals surface area contributed by atoms with Gasteiger partial charge in [0.15, 0.2) is 0 Å². The maximum Gasteiger partial charge on any atom is 0.121 e. The number of imidazole rings is 1. The van der Waals surface area contributed by atoms with Gasteiger partial charge in [-0.3, -0.25) is 9.88 Å². The summed E-state index contributed by atoms with van der Waals surface area (Å²) < 4.78 is 1.10. The first-order chi connectivity index (χ1) is 15.2. The van der Waals surface area contributed by atoms with Gasteiger partial charge >= 0.3 is 0 Å². The van der Waals surface area contributed by atoms with Gasteiger partial charge in [0.1, 0.15) is 5.82 Å². The zero-order chi connectivity index (χ0) is 21.2. The summed E-state index contributed by atoms with van der Waals surface area (Å²) in [6, 6.07) is 19.2. The molecule has 0 saturated carbocycles. The lowest BCUT2D eigenvalue weighted by Crippen LogP contribution is -2.32. The van der Waals surface area contributed by atoms with Crippen molar-refractivity contribution in [3.05, 3.63) is 93.5 Å². The molecule has 0 saturated heterocycles. The monoisotopic (exact) mass is 475 g/mol. The second kappa shape index (κ2) is 8.91. The van der Waals surface area contributed by atoms with Crippen molar-refractivity contribution in [2.45, 2.75) is 44.9 Å². The van der Waals surface area contributed by atoms with E-state index in [1.54, 1.807) is 0 Å². The fourth-order valence-electron chi connectivity index (χ4n) is 4.55. The number of nitrogens with two attached hydrogens (primary N) is 1. The molecule has 4 aromatic rings. The van der Waals surface area contributed by atoms with Crippen LogP contribution in [0.1, 0.15) is 47.1 Å². The Morgan fingerprint density at radius 3 is 2.84 bits per heavy atom. The van der Waals surface area contributed by atoms with E-state index in [-0.39, 0.29) is 6.04 Å². The number of para-hydroxylation sites is 2. The smallest absolute Gasteiger partial charge is 0.121 e. The fourth-order valence-corrected chi connectivity index (χ4v) is 5.11. The van der Waals surface area contributed by atoms with E-state index >= 15 is 0 Å². The van der Waals surface area contributed by atoms with Crippen LogP contribution < -0.4 is 5.73 Å². The van der Waals surface area contributed by atoms with Gasteiger partial charge in [-0.15, -0.1) is 0 Å². The summed E-state index contributed by atoms with van der Waals surface area (Å²) in [6.07, 6.45) is 5.30. The van der Waals surface area contributed by atoms with E-state index in [1.165, 1.54) is 23.2 Å².